The van der Waals surface area contributed by atoms with E-state index in [1.54, 1.807) is 7.05 Å². The van der Waals surface area contributed by atoms with Crippen LogP contribution in [-0.4, -0.2) is 21.3 Å². The Kier molecular flexibility index (Phi) is 4.84. The molecule has 0 spiro atoms. The van der Waals surface area contributed by atoms with Gasteiger partial charge in [-0.1, -0.05) is 28.9 Å². The van der Waals surface area contributed by atoms with E-state index in [2.05, 4.69) is 44.4 Å². The second-order valence-electron chi connectivity index (χ2n) is 4.01. The summed E-state index contributed by atoms with van der Waals surface area (Å²) in [5, 5.41) is 10.3. The van der Waals surface area contributed by atoms with Crippen LogP contribution >= 0.6 is 27.7 Å². The molecule has 7 heteroatoms. The Morgan fingerprint density at radius 2 is 2.32 bits per heavy atom. The number of H-pyrrole nitrogens is 1. The van der Waals surface area contributed by atoms with Crippen molar-refractivity contribution in [2.24, 2.45) is 7.05 Å². The van der Waals surface area contributed by atoms with Gasteiger partial charge in [-0.15, -0.1) is 5.10 Å². The maximum absolute atomic E-state index is 11.3. The smallest absolute Gasteiger partial charge is 0.313 e. The van der Waals surface area contributed by atoms with Crippen LogP contribution in [0.4, 0.5) is 0 Å². The average molecular weight is 343 g/mol. The van der Waals surface area contributed by atoms with Gasteiger partial charge < -0.3 is 5.32 Å². The molecule has 2 rings (SSSR count). The van der Waals surface area contributed by atoms with Gasteiger partial charge in [0.05, 0.1) is 0 Å². The van der Waals surface area contributed by atoms with Crippen molar-refractivity contribution >= 4 is 27.7 Å². The fourth-order valence-corrected chi connectivity index (χ4v) is 3.03. The molecule has 1 aromatic heterocycles. The molecular formula is C12H15BrN4OS. The summed E-state index contributed by atoms with van der Waals surface area (Å²) in [6.45, 7) is 3.86. The van der Waals surface area contributed by atoms with E-state index in [0.29, 0.717) is 5.16 Å². The van der Waals surface area contributed by atoms with Gasteiger partial charge in [-0.25, -0.2) is 9.89 Å². The van der Waals surface area contributed by atoms with E-state index >= 15 is 0 Å². The Hall–Kier alpha value is -1.05. The minimum atomic E-state index is -0.203. The van der Waals surface area contributed by atoms with Crippen LogP contribution in [0.3, 0.4) is 0 Å². The van der Waals surface area contributed by atoms with Crippen molar-refractivity contribution in [3.63, 3.8) is 0 Å². The highest BCUT2D eigenvalue weighted by atomic mass is 79.9. The second-order valence-corrected chi connectivity index (χ2v) is 5.90. The minimum Gasteiger partial charge on any atom is -0.313 e. The number of nitrogens with one attached hydrogen (secondary N) is 2. The summed E-state index contributed by atoms with van der Waals surface area (Å²) < 4.78 is 2.55. The number of benzene rings is 1. The van der Waals surface area contributed by atoms with Crippen LogP contribution in [-0.2, 0) is 13.6 Å². The molecule has 0 atom stereocenters. The molecule has 0 unspecified atom stereocenters. The van der Waals surface area contributed by atoms with Crippen LogP contribution in [0.15, 0.2) is 37.5 Å². The van der Waals surface area contributed by atoms with Gasteiger partial charge >= 0.3 is 5.69 Å². The third kappa shape index (κ3) is 3.49. The zero-order chi connectivity index (χ0) is 13.8. The predicted molar refractivity (Wildman–Crippen MR) is 79.5 cm³/mol. The summed E-state index contributed by atoms with van der Waals surface area (Å²) in [6.07, 6.45) is 0. The zero-order valence-electron chi connectivity index (χ0n) is 10.7. The summed E-state index contributed by atoms with van der Waals surface area (Å²) in [6, 6.07) is 6.14. The van der Waals surface area contributed by atoms with E-state index < -0.39 is 0 Å². The highest BCUT2D eigenvalue weighted by Gasteiger charge is 2.08. The van der Waals surface area contributed by atoms with Gasteiger partial charge in [-0.2, -0.15) is 0 Å². The summed E-state index contributed by atoms with van der Waals surface area (Å²) in [5.41, 5.74) is 1.01. The molecule has 0 aliphatic rings. The molecule has 102 valence electrons. The third-order valence-electron chi connectivity index (χ3n) is 2.64. The Morgan fingerprint density at radius 1 is 1.53 bits per heavy atom. The van der Waals surface area contributed by atoms with E-state index in [1.165, 1.54) is 21.9 Å². The molecule has 1 heterocycles. The number of hydrogen-bond acceptors (Lipinski definition) is 4. The van der Waals surface area contributed by atoms with Crippen LogP contribution in [0.25, 0.3) is 0 Å². The van der Waals surface area contributed by atoms with Crippen molar-refractivity contribution in [2.45, 2.75) is 23.5 Å². The molecule has 2 aromatic rings. The average Bonchev–Trinajstić information content (AvgIpc) is 2.70. The van der Waals surface area contributed by atoms with Gasteiger partial charge in [0.2, 0.25) is 0 Å². The molecule has 5 nitrogen and oxygen atoms in total. The maximum Gasteiger partial charge on any atom is 0.343 e. The highest BCUT2D eigenvalue weighted by molar-refractivity contribution is 9.10. The van der Waals surface area contributed by atoms with Crippen molar-refractivity contribution in [1.82, 2.24) is 20.1 Å². The van der Waals surface area contributed by atoms with E-state index in [0.717, 1.165) is 22.5 Å². The molecular weight excluding hydrogens is 328 g/mol. The Balaban J connectivity index is 2.16. The fourth-order valence-electron chi connectivity index (χ4n) is 1.52. The zero-order valence-corrected chi connectivity index (χ0v) is 13.1. The van der Waals surface area contributed by atoms with Gasteiger partial charge in [0.25, 0.3) is 0 Å². The van der Waals surface area contributed by atoms with E-state index in [1.807, 2.05) is 12.1 Å². The fraction of sp³-hybridized carbons (Fsp3) is 0.333. The minimum absolute atomic E-state index is 0.203. The van der Waals surface area contributed by atoms with Gasteiger partial charge in [0.1, 0.15) is 0 Å². The summed E-state index contributed by atoms with van der Waals surface area (Å²) in [7, 11) is 1.70. The molecule has 2 N–H and O–H groups in total. The van der Waals surface area contributed by atoms with Crippen molar-refractivity contribution in [1.29, 1.82) is 0 Å². The van der Waals surface area contributed by atoms with Gasteiger partial charge in [0.15, 0.2) is 5.16 Å². The van der Waals surface area contributed by atoms with Crippen molar-refractivity contribution < 1.29 is 0 Å². The van der Waals surface area contributed by atoms with Gasteiger partial charge in [0, 0.05) is 23.0 Å². The highest BCUT2D eigenvalue weighted by Crippen LogP contribution is 2.29. The lowest BCUT2D eigenvalue weighted by atomic mass is 10.2. The lowest BCUT2D eigenvalue weighted by Gasteiger charge is -2.07. The lowest BCUT2D eigenvalue weighted by molar-refractivity contribution is 0.724. The SMILES string of the molecule is CCNCc1ccc(Sc2n[nH]c(=O)n2C)cc1Br. The Bertz CT molecular complexity index is 622. The first-order valence-electron chi connectivity index (χ1n) is 5.90. The number of hydrogen-bond donors (Lipinski definition) is 2. The monoisotopic (exact) mass is 342 g/mol. The normalized spacial score (nSPS) is 10.9. The second kappa shape index (κ2) is 6.40. The quantitative estimate of drug-likeness (QED) is 0.873. The molecule has 0 fully saturated rings. The predicted octanol–water partition coefficient (Wildman–Crippen LogP) is 2.13. The molecule has 0 saturated carbocycles. The van der Waals surface area contributed by atoms with Gasteiger partial charge in [-0.05, 0) is 36.0 Å². The van der Waals surface area contributed by atoms with Crippen LogP contribution in [0, 0.1) is 0 Å². The third-order valence-corrected chi connectivity index (χ3v) is 4.41. The molecule has 0 aliphatic heterocycles. The number of halogens is 1. The summed E-state index contributed by atoms with van der Waals surface area (Å²) in [4.78, 5) is 12.3. The van der Waals surface area contributed by atoms with Crippen molar-refractivity contribution in [2.75, 3.05) is 6.54 Å². The van der Waals surface area contributed by atoms with Gasteiger partial charge in [-0.3, -0.25) is 4.57 Å². The first-order valence-corrected chi connectivity index (χ1v) is 7.51. The summed E-state index contributed by atoms with van der Waals surface area (Å²) in [5.74, 6) is 0. The van der Waals surface area contributed by atoms with Crippen LogP contribution < -0.4 is 11.0 Å². The Morgan fingerprint density at radius 3 is 2.89 bits per heavy atom. The number of aromatic nitrogens is 3. The standard InChI is InChI=1S/C12H15BrN4OS/c1-3-14-7-8-4-5-9(6-10(8)13)19-12-16-15-11(18)17(12)2/h4-6,14H,3,7H2,1-2H3,(H,15,18). The number of nitrogens with zero attached hydrogens (tertiary/aromatic N) is 2. The summed E-state index contributed by atoms with van der Waals surface area (Å²) >= 11 is 5.02. The lowest BCUT2D eigenvalue weighted by Crippen LogP contribution is -2.13. The largest absolute Gasteiger partial charge is 0.343 e. The first-order chi connectivity index (χ1) is 9.11. The van der Waals surface area contributed by atoms with Crippen molar-refractivity contribution in [3.8, 4) is 0 Å². The topological polar surface area (TPSA) is 62.7 Å². The molecule has 1 aromatic carbocycles. The van der Waals surface area contributed by atoms with Crippen LogP contribution in [0.1, 0.15) is 12.5 Å². The number of rotatable bonds is 5. The molecule has 0 amide bonds. The van der Waals surface area contributed by atoms with Crippen LogP contribution in [0.5, 0.6) is 0 Å². The molecule has 19 heavy (non-hydrogen) atoms. The van der Waals surface area contributed by atoms with Crippen LogP contribution in [0.2, 0.25) is 0 Å². The molecule has 0 saturated heterocycles. The molecule has 0 radical (unpaired) electrons. The Labute approximate surface area is 123 Å². The van der Waals surface area contributed by atoms with E-state index in [-0.39, 0.29) is 5.69 Å². The van der Waals surface area contributed by atoms with E-state index in [4.69, 9.17) is 0 Å². The van der Waals surface area contributed by atoms with Crippen molar-refractivity contribution in [3.05, 3.63) is 38.7 Å². The molecule has 0 bridgehead atoms. The maximum atomic E-state index is 11.3. The van der Waals surface area contributed by atoms with E-state index in [9.17, 15) is 4.79 Å². The first kappa shape index (κ1) is 14.4. The number of aromatic amines is 1. The molecule has 0 aliphatic carbocycles.